The van der Waals surface area contributed by atoms with Gasteiger partial charge in [0.15, 0.2) is 0 Å². The molecule has 1 aliphatic carbocycles. The first-order chi connectivity index (χ1) is 5.23. The van der Waals surface area contributed by atoms with Crippen LogP contribution in [-0.2, 0) is 9.53 Å². The summed E-state index contributed by atoms with van der Waals surface area (Å²) in [5, 5.41) is 0. The quantitative estimate of drug-likeness (QED) is 0.456. The van der Waals surface area contributed by atoms with Crippen LogP contribution in [0.4, 0.5) is 0 Å². The monoisotopic (exact) mass is 105 g/mol. The second kappa shape index (κ2) is 1.52. The highest BCUT2D eigenvalue weighted by Gasteiger charge is 2.30. The first-order valence-electron chi connectivity index (χ1n) is 4.32. The summed E-state index contributed by atoms with van der Waals surface area (Å²) in [6, 6.07) is 0. The SMILES string of the molecule is [2H]C1([2H])C([2H])([2H])C1([2H])C(=O)OC. The highest BCUT2D eigenvalue weighted by atomic mass is 16.5. The summed E-state index contributed by atoms with van der Waals surface area (Å²) in [6.45, 7) is 0. The number of ether oxygens (including phenoxy) is 1. The zero-order valence-electron chi connectivity index (χ0n) is 8.82. The first-order valence-corrected chi connectivity index (χ1v) is 1.82. The van der Waals surface area contributed by atoms with Crippen LogP contribution >= 0.6 is 0 Å². The maximum atomic E-state index is 10.8. The summed E-state index contributed by atoms with van der Waals surface area (Å²) in [4.78, 5) is 10.8. The summed E-state index contributed by atoms with van der Waals surface area (Å²) in [5.41, 5.74) is 0. The van der Waals surface area contributed by atoms with E-state index in [2.05, 4.69) is 4.74 Å². The van der Waals surface area contributed by atoms with Crippen LogP contribution in [0.1, 0.15) is 19.6 Å². The summed E-state index contributed by atoms with van der Waals surface area (Å²) < 4.78 is 39.5. The van der Waals surface area contributed by atoms with Gasteiger partial charge in [-0.2, -0.15) is 0 Å². The second-order valence-corrected chi connectivity index (χ2v) is 1.12. The van der Waals surface area contributed by atoms with Gasteiger partial charge in [-0.05, 0) is 12.7 Å². The fourth-order valence-corrected chi connectivity index (χ4v) is 0.235. The van der Waals surface area contributed by atoms with E-state index < -0.39 is 24.6 Å². The molecule has 0 amide bonds. The Balaban J connectivity index is 3.00. The van der Waals surface area contributed by atoms with Crippen molar-refractivity contribution >= 4 is 5.97 Å². The van der Waals surface area contributed by atoms with E-state index in [1.807, 2.05) is 0 Å². The molecule has 0 heterocycles. The Morgan fingerprint density at radius 2 is 2.71 bits per heavy atom. The van der Waals surface area contributed by atoms with Gasteiger partial charge in [-0.1, -0.05) is 0 Å². The van der Waals surface area contributed by atoms with Crippen LogP contribution in [0, 0.1) is 5.89 Å². The lowest BCUT2D eigenvalue weighted by Gasteiger charge is -1.89. The third-order valence-corrected chi connectivity index (χ3v) is 0.640. The van der Waals surface area contributed by atoms with E-state index in [4.69, 9.17) is 6.85 Å². The Bertz CT molecular complexity index is 222. The number of carbonyl (C=O) groups excluding carboxylic acids is 1. The second-order valence-electron chi connectivity index (χ2n) is 1.12. The van der Waals surface area contributed by atoms with Crippen molar-refractivity contribution in [3.05, 3.63) is 0 Å². The normalized spacial score (nSPS) is 48.4. The minimum Gasteiger partial charge on any atom is -0.469 e. The number of hydrogen-bond acceptors (Lipinski definition) is 2. The molecule has 0 spiro atoms. The standard InChI is InChI=1S/C5H8O2/c1-7-5(6)4-2-3-4/h4H,2-3H2,1H3/i2D2,3D2,4D. The molecule has 0 aromatic rings. The van der Waals surface area contributed by atoms with Gasteiger partial charge < -0.3 is 4.74 Å². The molecule has 1 rings (SSSR count). The van der Waals surface area contributed by atoms with E-state index in [-0.39, 0.29) is 0 Å². The highest BCUT2D eigenvalue weighted by Crippen LogP contribution is 2.29. The van der Waals surface area contributed by atoms with Gasteiger partial charge in [0.2, 0.25) is 0 Å². The molecule has 1 saturated carbocycles. The van der Waals surface area contributed by atoms with Gasteiger partial charge in [-0.3, -0.25) is 4.79 Å². The Morgan fingerprint density at radius 3 is 2.86 bits per heavy atom. The summed E-state index contributed by atoms with van der Waals surface area (Å²) >= 11 is 0. The molecule has 2 nitrogen and oxygen atoms in total. The van der Waals surface area contributed by atoms with Crippen LogP contribution < -0.4 is 0 Å². The summed E-state index contributed by atoms with van der Waals surface area (Å²) in [5.74, 6) is -3.56. The predicted molar refractivity (Wildman–Crippen MR) is 24.7 cm³/mol. The zero-order chi connectivity index (χ0) is 9.78. The van der Waals surface area contributed by atoms with Crippen molar-refractivity contribution in [1.29, 1.82) is 0 Å². The van der Waals surface area contributed by atoms with Crippen LogP contribution in [0.3, 0.4) is 0 Å². The lowest BCUT2D eigenvalue weighted by molar-refractivity contribution is -0.142. The Kier molecular flexibility index (Phi) is 0.320. The van der Waals surface area contributed by atoms with Crippen molar-refractivity contribution in [2.75, 3.05) is 7.11 Å². The minimum absolute atomic E-state index is 1.00. The van der Waals surface area contributed by atoms with Gasteiger partial charge in [-0.25, -0.2) is 0 Å². The third kappa shape index (κ3) is 0.918. The molecule has 7 heavy (non-hydrogen) atoms. The number of hydrogen-bond donors (Lipinski definition) is 0. The van der Waals surface area contributed by atoms with E-state index in [9.17, 15) is 4.79 Å². The van der Waals surface area contributed by atoms with Crippen LogP contribution in [-0.4, -0.2) is 13.1 Å². The summed E-state index contributed by atoms with van der Waals surface area (Å²) in [7, 11) is 1.00. The molecule has 0 radical (unpaired) electrons. The highest BCUT2D eigenvalue weighted by molar-refractivity contribution is 5.74. The molecule has 0 atom stereocenters. The zero-order valence-corrected chi connectivity index (χ0v) is 3.82. The number of rotatable bonds is 1. The van der Waals surface area contributed by atoms with Gasteiger partial charge in [0, 0.05) is 6.85 Å². The van der Waals surface area contributed by atoms with Crippen molar-refractivity contribution < 1.29 is 16.4 Å². The van der Waals surface area contributed by atoms with Gasteiger partial charge >= 0.3 is 5.97 Å². The molecule has 40 valence electrons. The fourth-order valence-electron chi connectivity index (χ4n) is 0.235. The first kappa shape index (κ1) is 1.47. The largest absolute Gasteiger partial charge is 0.469 e. The van der Waals surface area contributed by atoms with E-state index in [1.165, 1.54) is 0 Å². The number of esters is 1. The number of methoxy groups -OCH3 is 1. The molecule has 0 saturated heterocycles. The lowest BCUT2D eigenvalue weighted by Crippen LogP contribution is -2.00. The molecule has 0 aromatic carbocycles. The molecular weight excluding hydrogens is 92.1 g/mol. The smallest absolute Gasteiger partial charge is 0.308 e. The van der Waals surface area contributed by atoms with Gasteiger partial charge in [0.1, 0.15) is 0 Å². The van der Waals surface area contributed by atoms with Crippen LogP contribution in [0.2, 0.25) is 0 Å². The lowest BCUT2D eigenvalue weighted by atomic mass is 10.4. The molecule has 0 aliphatic heterocycles. The average molecular weight is 105 g/mol. The third-order valence-electron chi connectivity index (χ3n) is 0.640. The van der Waals surface area contributed by atoms with Gasteiger partial charge in [0.05, 0.1) is 13.0 Å². The fraction of sp³-hybridized carbons (Fsp3) is 0.800. The van der Waals surface area contributed by atoms with Crippen molar-refractivity contribution in [2.24, 2.45) is 5.89 Å². The van der Waals surface area contributed by atoms with Crippen molar-refractivity contribution in [3.63, 3.8) is 0 Å². The molecule has 1 fully saturated rings. The topological polar surface area (TPSA) is 26.3 Å². The Morgan fingerprint density at radius 1 is 2.14 bits per heavy atom. The van der Waals surface area contributed by atoms with Crippen molar-refractivity contribution in [1.82, 2.24) is 0 Å². The molecular formula is C5H8O2. The summed E-state index contributed by atoms with van der Waals surface area (Å²) in [6.07, 6.45) is -4.90. The van der Waals surface area contributed by atoms with E-state index >= 15 is 0 Å². The van der Waals surface area contributed by atoms with Crippen molar-refractivity contribution in [3.8, 4) is 0 Å². The van der Waals surface area contributed by atoms with Crippen molar-refractivity contribution in [2.45, 2.75) is 12.7 Å². The Labute approximate surface area is 49.5 Å². The molecule has 0 bridgehead atoms. The maximum Gasteiger partial charge on any atom is 0.308 e. The van der Waals surface area contributed by atoms with Crippen LogP contribution in [0.5, 0.6) is 0 Å². The average Bonchev–Trinajstić information content (AvgIpc) is 2.28. The molecule has 0 unspecified atom stereocenters. The van der Waals surface area contributed by atoms with E-state index in [0.717, 1.165) is 7.11 Å². The van der Waals surface area contributed by atoms with E-state index in [0.29, 0.717) is 0 Å². The van der Waals surface area contributed by atoms with Crippen LogP contribution in [0.15, 0.2) is 0 Å². The van der Waals surface area contributed by atoms with E-state index in [1.54, 1.807) is 0 Å². The Hall–Kier alpha value is -0.530. The maximum absolute atomic E-state index is 10.8. The van der Waals surface area contributed by atoms with Crippen LogP contribution in [0.25, 0.3) is 0 Å². The van der Waals surface area contributed by atoms with Gasteiger partial charge in [0.25, 0.3) is 0 Å². The predicted octanol–water partition coefficient (Wildman–Crippen LogP) is 0.569. The van der Waals surface area contributed by atoms with Gasteiger partial charge in [-0.15, -0.1) is 0 Å². The molecule has 0 N–H and O–H groups in total. The molecule has 1 aliphatic rings. The molecule has 0 aromatic heterocycles. The minimum atomic E-state index is -2.45. The number of carbonyl (C=O) groups is 1. The molecule has 2 heteroatoms.